The van der Waals surface area contributed by atoms with Crippen LogP contribution < -0.4 is 5.32 Å². The lowest BCUT2D eigenvalue weighted by Crippen LogP contribution is -2.11. The molecule has 0 saturated heterocycles. The standard InChI is InChI=1S/C8H10NS/c1-2-4-9-7-6-3-5-10-8(6)7/h3,5,7,9H,1-2,4H2. The first-order valence-electron chi connectivity index (χ1n) is 3.53. The number of rotatable bonds is 3. The molecule has 1 aromatic rings. The molecule has 0 bridgehead atoms. The third-order valence-electron chi connectivity index (χ3n) is 1.74. The van der Waals surface area contributed by atoms with E-state index in [2.05, 4.69) is 23.7 Å². The third-order valence-corrected chi connectivity index (χ3v) is 2.74. The summed E-state index contributed by atoms with van der Waals surface area (Å²) in [7, 11) is 0. The summed E-state index contributed by atoms with van der Waals surface area (Å²) in [5.41, 5.74) is 1.50. The Morgan fingerprint density at radius 1 is 1.70 bits per heavy atom. The number of hydrogen-bond donors (Lipinski definition) is 1. The summed E-state index contributed by atoms with van der Waals surface area (Å²) < 4.78 is 0. The predicted octanol–water partition coefficient (Wildman–Crippen LogP) is 1.96. The van der Waals surface area contributed by atoms with Gasteiger partial charge in [-0.15, -0.1) is 11.3 Å². The Balaban J connectivity index is 1.87. The van der Waals surface area contributed by atoms with Crippen LogP contribution in [-0.4, -0.2) is 6.54 Å². The second-order valence-electron chi connectivity index (χ2n) is 2.48. The van der Waals surface area contributed by atoms with E-state index in [1.165, 1.54) is 10.4 Å². The van der Waals surface area contributed by atoms with Crippen LogP contribution in [0.4, 0.5) is 0 Å². The summed E-state index contributed by atoms with van der Waals surface area (Å²) in [5, 5.41) is 5.55. The van der Waals surface area contributed by atoms with Gasteiger partial charge in [0.1, 0.15) is 0 Å². The quantitative estimate of drug-likeness (QED) is 0.698. The Hall–Kier alpha value is -0.340. The van der Waals surface area contributed by atoms with Crippen molar-refractivity contribution in [1.29, 1.82) is 0 Å². The lowest BCUT2D eigenvalue weighted by molar-refractivity contribution is 0.684. The molecule has 1 aromatic heterocycles. The first-order valence-corrected chi connectivity index (χ1v) is 4.41. The fourth-order valence-corrected chi connectivity index (χ4v) is 2.13. The molecule has 0 fully saturated rings. The summed E-state index contributed by atoms with van der Waals surface area (Å²) >= 11 is 1.85. The highest BCUT2D eigenvalue weighted by Crippen LogP contribution is 2.45. The zero-order valence-corrected chi connectivity index (χ0v) is 6.58. The van der Waals surface area contributed by atoms with Crippen LogP contribution in [0.5, 0.6) is 0 Å². The smallest absolute Gasteiger partial charge is 0.0686 e. The molecule has 1 unspecified atom stereocenters. The number of thiophene rings is 1. The summed E-state index contributed by atoms with van der Waals surface area (Å²) in [6.07, 6.45) is 0.978. The van der Waals surface area contributed by atoms with Crippen molar-refractivity contribution in [3.63, 3.8) is 0 Å². The number of fused-ring (bicyclic) bond motifs is 1. The first-order chi connectivity index (χ1) is 4.93. The van der Waals surface area contributed by atoms with Gasteiger partial charge >= 0.3 is 0 Å². The van der Waals surface area contributed by atoms with E-state index in [1.54, 1.807) is 0 Å². The molecule has 1 radical (unpaired) electrons. The molecule has 10 heavy (non-hydrogen) atoms. The van der Waals surface area contributed by atoms with Gasteiger partial charge in [0.2, 0.25) is 0 Å². The van der Waals surface area contributed by atoms with Gasteiger partial charge in [-0.2, -0.15) is 0 Å². The fourth-order valence-electron chi connectivity index (χ4n) is 1.16. The molecule has 0 amide bonds. The molecule has 0 saturated carbocycles. The molecule has 1 heterocycles. The summed E-state index contributed by atoms with van der Waals surface area (Å²) in [6, 6.07) is 2.80. The number of hydrogen-bond acceptors (Lipinski definition) is 2. The molecule has 2 rings (SSSR count). The SMILES string of the molecule is [CH2]CCNC1c2ccsc21. The van der Waals surface area contributed by atoms with E-state index in [4.69, 9.17) is 0 Å². The molecular formula is C8H10NS. The molecule has 1 N–H and O–H groups in total. The van der Waals surface area contributed by atoms with Crippen LogP contribution in [0, 0.1) is 6.92 Å². The normalized spacial score (nSPS) is 20.7. The Bertz CT molecular complexity index is 210. The highest BCUT2D eigenvalue weighted by molar-refractivity contribution is 7.11. The topological polar surface area (TPSA) is 12.0 Å². The van der Waals surface area contributed by atoms with Crippen LogP contribution in [0.3, 0.4) is 0 Å². The van der Waals surface area contributed by atoms with Crippen molar-refractivity contribution in [2.24, 2.45) is 0 Å². The van der Waals surface area contributed by atoms with Crippen LogP contribution in [-0.2, 0) is 0 Å². The average Bonchev–Trinajstić information content (AvgIpc) is 2.46. The molecule has 53 valence electrons. The van der Waals surface area contributed by atoms with E-state index in [1.807, 2.05) is 11.3 Å². The van der Waals surface area contributed by atoms with Gasteiger partial charge in [0.05, 0.1) is 6.04 Å². The molecule has 2 heteroatoms. The summed E-state index contributed by atoms with van der Waals surface area (Å²) in [4.78, 5) is 1.52. The van der Waals surface area contributed by atoms with Gasteiger partial charge in [-0.05, 0) is 30.0 Å². The van der Waals surface area contributed by atoms with E-state index in [-0.39, 0.29) is 0 Å². The molecule has 0 aliphatic heterocycles. The van der Waals surface area contributed by atoms with Crippen LogP contribution >= 0.6 is 11.3 Å². The highest BCUT2D eigenvalue weighted by atomic mass is 32.1. The monoisotopic (exact) mass is 152 g/mol. The maximum Gasteiger partial charge on any atom is 0.0686 e. The van der Waals surface area contributed by atoms with E-state index in [0.717, 1.165) is 13.0 Å². The lowest BCUT2D eigenvalue weighted by Gasteiger charge is -1.97. The van der Waals surface area contributed by atoms with Gasteiger partial charge in [0, 0.05) is 4.88 Å². The zero-order valence-electron chi connectivity index (χ0n) is 5.76. The second kappa shape index (κ2) is 2.36. The maximum absolute atomic E-state index is 3.77. The van der Waals surface area contributed by atoms with Gasteiger partial charge in [-0.1, -0.05) is 6.92 Å². The fraction of sp³-hybridized carbons (Fsp3) is 0.375. The predicted molar refractivity (Wildman–Crippen MR) is 44.1 cm³/mol. The van der Waals surface area contributed by atoms with Crippen molar-refractivity contribution < 1.29 is 0 Å². The van der Waals surface area contributed by atoms with Gasteiger partial charge in [-0.25, -0.2) is 0 Å². The summed E-state index contributed by atoms with van der Waals surface area (Å²) in [5.74, 6) is 0. The Kier molecular flexibility index (Phi) is 1.51. The minimum atomic E-state index is 0.608. The molecular weight excluding hydrogens is 142 g/mol. The molecule has 1 atom stereocenters. The summed E-state index contributed by atoms with van der Waals surface area (Å²) in [6.45, 7) is 4.81. The van der Waals surface area contributed by atoms with Crippen molar-refractivity contribution in [3.8, 4) is 0 Å². The molecule has 0 aromatic carbocycles. The minimum absolute atomic E-state index is 0.608. The van der Waals surface area contributed by atoms with E-state index in [9.17, 15) is 0 Å². The molecule has 1 aliphatic carbocycles. The van der Waals surface area contributed by atoms with Gasteiger partial charge in [0.15, 0.2) is 0 Å². The van der Waals surface area contributed by atoms with Crippen molar-refractivity contribution >= 4 is 11.3 Å². The van der Waals surface area contributed by atoms with Crippen molar-refractivity contribution in [2.45, 2.75) is 12.5 Å². The van der Waals surface area contributed by atoms with Gasteiger partial charge in [-0.3, -0.25) is 0 Å². The van der Waals surface area contributed by atoms with Crippen molar-refractivity contribution in [1.82, 2.24) is 5.32 Å². The first kappa shape index (κ1) is 6.38. The molecule has 1 aliphatic rings. The maximum atomic E-state index is 3.77. The van der Waals surface area contributed by atoms with Crippen LogP contribution in [0.25, 0.3) is 0 Å². The Labute approximate surface area is 65.1 Å². The minimum Gasteiger partial charge on any atom is -0.306 e. The third kappa shape index (κ3) is 0.879. The number of nitrogens with one attached hydrogen (secondary N) is 1. The van der Waals surface area contributed by atoms with Gasteiger partial charge < -0.3 is 5.32 Å². The molecule has 0 spiro atoms. The van der Waals surface area contributed by atoms with Crippen LogP contribution in [0.2, 0.25) is 0 Å². The Morgan fingerprint density at radius 3 is 3.20 bits per heavy atom. The van der Waals surface area contributed by atoms with Crippen molar-refractivity contribution in [2.75, 3.05) is 6.54 Å². The average molecular weight is 152 g/mol. The second-order valence-corrected chi connectivity index (χ2v) is 3.43. The largest absolute Gasteiger partial charge is 0.306 e. The lowest BCUT2D eigenvalue weighted by atomic mass is 10.4. The van der Waals surface area contributed by atoms with Crippen LogP contribution in [0.1, 0.15) is 22.9 Å². The van der Waals surface area contributed by atoms with Crippen molar-refractivity contribution in [3.05, 3.63) is 28.8 Å². The Morgan fingerprint density at radius 2 is 2.60 bits per heavy atom. The van der Waals surface area contributed by atoms with E-state index >= 15 is 0 Å². The zero-order chi connectivity index (χ0) is 6.97. The van der Waals surface area contributed by atoms with E-state index < -0.39 is 0 Å². The molecule has 1 nitrogen and oxygen atoms in total. The highest BCUT2D eigenvalue weighted by Gasteiger charge is 2.32. The van der Waals surface area contributed by atoms with Crippen LogP contribution in [0.15, 0.2) is 11.4 Å². The van der Waals surface area contributed by atoms with Gasteiger partial charge in [0.25, 0.3) is 0 Å². The van der Waals surface area contributed by atoms with E-state index in [0.29, 0.717) is 6.04 Å².